The van der Waals surface area contributed by atoms with Gasteiger partial charge in [-0.3, -0.25) is 9.59 Å². The van der Waals surface area contributed by atoms with Crippen LogP contribution >= 0.6 is 0 Å². The summed E-state index contributed by atoms with van der Waals surface area (Å²) in [5, 5.41) is 1.95. The molecule has 166 valence electrons. The lowest BCUT2D eigenvalue weighted by Gasteiger charge is -2.34. The van der Waals surface area contributed by atoms with Gasteiger partial charge in [-0.2, -0.15) is 0 Å². The lowest BCUT2D eigenvalue weighted by molar-refractivity contribution is 0.0927. The van der Waals surface area contributed by atoms with Crippen LogP contribution in [0.15, 0.2) is 90.2 Å². The zero-order chi connectivity index (χ0) is 23.4. The van der Waals surface area contributed by atoms with E-state index in [0.717, 1.165) is 21.9 Å². The fraction of sp³-hybridized carbons (Fsp3) is 0.103. The van der Waals surface area contributed by atoms with Gasteiger partial charge in [0.2, 0.25) is 5.78 Å². The van der Waals surface area contributed by atoms with E-state index < -0.39 is 5.92 Å². The molecule has 0 fully saturated rings. The van der Waals surface area contributed by atoms with E-state index in [1.807, 2.05) is 54.6 Å². The second-order valence-corrected chi connectivity index (χ2v) is 8.29. The summed E-state index contributed by atoms with van der Waals surface area (Å²) in [6.45, 7) is 0. The Labute approximate surface area is 196 Å². The Morgan fingerprint density at radius 1 is 0.765 bits per heavy atom. The van der Waals surface area contributed by atoms with Crippen molar-refractivity contribution in [3.8, 4) is 17.2 Å². The molecule has 5 nitrogen and oxygen atoms in total. The van der Waals surface area contributed by atoms with Crippen LogP contribution in [0.25, 0.3) is 10.8 Å². The molecule has 1 unspecified atom stereocenters. The van der Waals surface area contributed by atoms with Gasteiger partial charge in [-0.05, 0) is 35.0 Å². The molecule has 1 aliphatic heterocycles. The molecule has 0 bridgehead atoms. The molecule has 2 aliphatic rings. The zero-order valence-corrected chi connectivity index (χ0v) is 18.6. The first-order chi connectivity index (χ1) is 16.6. The van der Waals surface area contributed by atoms with Crippen molar-refractivity contribution in [3.05, 3.63) is 112 Å². The molecule has 1 aliphatic carbocycles. The van der Waals surface area contributed by atoms with E-state index in [1.54, 1.807) is 38.5 Å². The van der Waals surface area contributed by atoms with Crippen molar-refractivity contribution < 1.29 is 23.8 Å². The monoisotopic (exact) mass is 448 g/mol. The number of fused-ring (bicyclic) bond motifs is 4. The van der Waals surface area contributed by atoms with Crippen LogP contribution in [0.2, 0.25) is 0 Å². The van der Waals surface area contributed by atoms with Gasteiger partial charge in [0.1, 0.15) is 17.2 Å². The fourth-order valence-corrected chi connectivity index (χ4v) is 5.03. The summed E-state index contributed by atoms with van der Waals surface area (Å²) in [5.74, 6) is 0.738. The lowest BCUT2D eigenvalue weighted by Crippen LogP contribution is -2.31. The predicted molar refractivity (Wildman–Crippen MR) is 128 cm³/mol. The first kappa shape index (κ1) is 20.2. The van der Waals surface area contributed by atoms with Crippen molar-refractivity contribution >= 4 is 22.3 Å². The molecule has 1 heterocycles. The number of hydrogen-bond donors (Lipinski definition) is 0. The molecule has 0 radical (unpaired) electrons. The highest BCUT2D eigenvalue weighted by Crippen LogP contribution is 2.51. The highest BCUT2D eigenvalue weighted by molar-refractivity contribution is 6.27. The van der Waals surface area contributed by atoms with Gasteiger partial charge in [0.05, 0.1) is 19.8 Å². The van der Waals surface area contributed by atoms with E-state index >= 15 is 0 Å². The maximum atomic E-state index is 13.9. The van der Waals surface area contributed by atoms with Crippen molar-refractivity contribution in [1.29, 1.82) is 0 Å². The second-order valence-electron chi connectivity index (χ2n) is 8.29. The Kier molecular flexibility index (Phi) is 4.52. The molecule has 0 spiro atoms. The maximum absolute atomic E-state index is 13.9. The molecule has 34 heavy (non-hydrogen) atoms. The van der Waals surface area contributed by atoms with Crippen molar-refractivity contribution in [2.75, 3.05) is 14.2 Å². The van der Waals surface area contributed by atoms with Crippen molar-refractivity contribution in [1.82, 2.24) is 0 Å². The number of allylic oxidation sites excluding steroid dienone is 2. The molecular formula is C29H20O5. The number of hydrogen-bond acceptors (Lipinski definition) is 5. The lowest BCUT2D eigenvalue weighted by atomic mass is 9.73. The third-order valence-electron chi connectivity index (χ3n) is 6.58. The summed E-state index contributed by atoms with van der Waals surface area (Å²) in [4.78, 5) is 27.5. The summed E-state index contributed by atoms with van der Waals surface area (Å²) in [6, 6.07) is 24.1. The molecule has 1 atom stereocenters. The number of benzene rings is 4. The number of methoxy groups -OCH3 is 2. The quantitative estimate of drug-likeness (QED) is 0.401. The van der Waals surface area contributed by atoms with Gasteiger partial charge in [0.15, 0.2) is 11.5 Å². The highest BCUT2D eigenvalue weighted by Gasteiger charge is 2.44. The number of carbonyl (C=O) groups is 2. The normalized spacial score (nSPS) is 16.5. The van der Waals surface area contributed by atoms with Crippen LogP contribution in [0.1, 0.15) is 37.8 Å². The van der Waals surface area contributed by atoms with E-state index in [0.29, 0.717) is 33.9 Å². The number of ether oxygens (including phenoxy) is 3. The largest absolute Gasteiger partial charge is 0.497 e. The minimum atomic E-state index is -0.584. The van der Waals surface area contributed by atoms with Gasteiger partial charge in [-0.25, -0.2) is 0 Å². The number of rotatable bonds is 3. The average molecular weight is 448 g/mol. The molecule has 5 heteroatoms. The summed E-state index contributed by atoms with van der Waals surface area (Å²) in [5.41, 5.74) is 2.61. The summed E-state index contributed by atoms with van der Waals surface area (Å²) in [7, 11) is 3.18. The van der Waals surface area contributed by atoms with Gasteiger partial charge >= 0.3 is 0 Å². The topological polar surface area (TPSA) is 61.8 Å². The van der Waals surface area contributed by atoms with Gasteiger partial charge in [0, 0.05) is 28.2 Å². The highest BCUT2D eigenvalue weighted by atomic mass is 16.5. The third kappa shape index (κ3) is 2.80. The van der Waals surface area contributed by atoms with E-state index in [2.05, 4.69) is 0 Å². The standard InChI is InChI=1S/C29H20O5/c1-32-17-12-14-22(33-2)21(15-17)25-24-18-8-4-3-7-16(18)11-13-23(24)34-29-26(25)27(30)19-9-5-6-10-20(19)28(29)31/h3-15,25H,1-2H3. The van der Waals surface area contributed by atoms with Crippen molar-refractivity contribution in [2.24, 2.45) is 0 Å². The van der Waals surface area contributed by atoms with Gasteiger partial charge in [0.25, 0.3) is 0 Å². The molecule has 0 N–H and O–H groups in total. The number of Topliss-reactive ketones (excluding diaryl/α,β-unsaturated/α-hetero) is 2. The second kappa shape index (κ2) is 7.59. The van der Waals surface area contributed by atoms with Crippen LogP contribution in [0.5, 0.6) is 17.2 Å². The summed E-state index contributed by atoms with van der Waals surface area (Å²) in [6.07, 6.45) is 0. The van der Waals surface area contributed by atoms with Crippen LogP contribution < -0.4 is 14.2 Å². The smallest absolute Gasteiger partial charge is 0.229 e. The SMILES string of the molecule is COc1ccc(OC)c(C2C3=C(Oc4ccc5ccccc5c42)C(=O)c2ccccc2C3=O)c1. The summed E-state index contributed by atoms with van der Waals surface area (Å²) < 4.78 is 17.4. The number of ketones is 2. The molecule has 4 aromatic rings. The molecule has 0 amide bonds. The van der Waals surface area contributed by atoms with E-state index in [1.165, 1.54) is 0 Å². The molecule has 6 rings (SSSR count). The van der Waals surface area contributed by atoms with Crippen LogP contribution in [-0.4, -0.2) is 25.8 Å². The average Bonchev–Trinajstić information content (AvgIpc) is 2.90. The Morgan fingerprint density at radius 2 is 1.50 bits per heavy atom. The third-order valence-corrected chi connectivity index (χ3v) is 6.58. The Balaban J connectivity index is 1.72. The maximum Gasteiger partial charge on any atom is 0.229 e. The fourth-order valence-electron chi connectivity index (χ4n) is 5.03. The van der Waals surface area contributed by atoms with Crippen LogP contribution in [-0.2, 0) is 0 Å². The summed E-state index contributed by atoms with van der Waals surface area (Å²) >= 11 is 0. The molecular weight excluding hydrogens is 428 g/mol. The van der Waals surface area contributed by atoms with Crippen LogP contribution in [0.4, 0.5) is 0 Å². The molecule has 0 aromatic heterocycles. The molecule has 4 aromatic carbocycles. The molecule has 0 saturated heterocycles. The zero-order valence-electron chi connectivity index (χ0n) is 18.6. The first-order valence-electron chi connectivity index (χ1n) is 11.0. The van der Waals surface area contributed by atoms with E-state index in [-0.39, 0.29) is 17.3 Å². The Hall–Kier alpha value is -4.38. The first-order valence-corrected chi connectivity index (χ1v) is 11.0. The molecule has 0 saturated carbocycles. The minimum absolute atomic E-state index is 0.0707. The predicted octanol–water partition coefficient (Wildman–Crippen LogP) is 5.71. The van der Waals surface area contributed by atoms with Crippen LogP contribution in [0.3, 0.4) is 0 Å². The number of carbonyl (C=O) groups excluding carboxylic acids is 2. The Morgan fingerprint density at radius 3 is 2.26 bits per heavy atom. The van der Waals surface area contributed by atoms with Gasteiger partial charge in [-0.15, -0.1) is 0 Å². The van der Waals surface area contributed by atoms with Gasteiger partial charge < -0.3 is 14.2 Å². The van der Waals surface area contributed by atoms with E-state index in [9.17, 15) is 9.59 Å². The van der Waals surface area contributed by atoms with E-state index in [4.69, 9.17) is 14.2 Å². The van der Waals surface area contributed by atoms with Gasteiger partial charge in [-0.1, -0.05) is 54.6 Å². The van der Waals surface area contributed by atoms with Crippen molar-refractivity contribution in [3.63, 3.8) is 0 Å². The van der Waals surface area contributed by atoms with Crippen LogP contribution in [0, 0.1) is 0 Å². The minimum Gasteiger partial charge on any atom is -0.497 e. The van der Waals surface area contributed by atoms with Crippen molar-refractivity contribution in [2.45, 2.75) is 5.92 Å². The Bertz CT molecular complexity index is 1550.